The van der Waals surface area contributed by atoms with E-state index < -0.39 is 0 Å². The number of morpholine rings is 1. The van der Waals surface area contributed by atoms with E-state index in [1.165, 1.54) is 5.69 Å². The van der Waals surface area contributed by atoms with Crippen molar-refractivity contribution in [1.82, 2.24) is 24.9 Å². The minimum atomic E-state index is -0.0169. The van der Waals surface area contributed by atoms with Gasteiger partial charge in [0, 0.05) is 63.7 Å². The predicted octanol–water partition coefficient (Wildman–Crippen LogP) is 0.689. The molecule has 3 rings (SSSR count). The Morgan fingerprint density at radius 3 is 2.69 bits per heavy atom. The molecule has 0 radical (unpaired) electrons. The fourth-order valence-corrected chi connectivity index (χ4v) is 3.58. The maximum atomic E-state index is 12.4. The van der Waals surface area contributed by atoms with E-state index in [1.54, 1.807) is 0 Å². The van der Waals surface area contributed by atoms with Crippen LogP contribution in [-0.4, -0.2) is 70.9 Å². The molecule has 0 saturated carbocycles. The highest BCUT2D eigenvalue weighted by atomic mass is 16.5. The minimum Gasteiger partial charge on any atom is -0.378 e. The number of carbonyl (C=O) groups is 2. The van der Waals surface area contributed by atoms with Crippen LogP contribution in [0.2, 0.25) is 0 Å². The molecule has 1 saturated heterocycles. The van der Waals surface area contributed by atoms with Crippen LogP contribution in [-0.2, 0) is 36.0 Å². The minimum absolute atomic E-state index is 0.0169. The summed E-state index contributed by atoms with van der Waals surface area (Å²) in [5.41, 5.74) is 3.23. The molecule has 1 aromatic rings. The first-order valence-electron chi connectivity index (χ1n) is 9.52. The van der Waals surface area contributed by atoms with E-state index in [0.717, 1.165) is 24.1 Å². The van der Waals surface area contributed by atoms with Crippen molar-refractivity contribution in [2.45, 2.75) is 39.2 Å². The van der Waals surface area contributed by atoms with Gasteiger partial charge >= 0.3 is 6.03 Å². The first kappa shape index (κ1) is 18.7. The lowest BCUT2D eigenvalue weighted by Gasteiger charge is -2.28. The largest absolute Gasteiger partial charge is 0.378 e. The van der Waals surface area contributed by atoms with E-state index >= 15 is 0 Å². The van der Waals surface area contributed by atoms with E-state index in [9.17, 15) is 9.59 Å². The molecular formula is C18H29N5O3. The number of urea groups is 1. The standard InChI is InChI=1S/C18H29N5O3/c1-3-7-19-18(25)23-8-6-16-14(13-23)15(20-21(16)2)4-5-17(24)22-9-11-26-12-10-22/h3-13H2,1-2H3,(H,19,25). The number of hydrogen-bond donors (Lipinski definition) is 1. The number of nitrogens with zero attached hydrogens (tertiary/aromatic N) is 4. The molecule has 0 aromatic carbocycles. The van der Waals surface area contributed by atoms with Gasteiger partial charge in [-0.05, 0) is 6.42 Å². The van der Waals surface area contributed by atoms with Crippen LogP contribution in [0.3, 0.4) is 0 Å². The molecule has 3 heterocycles. The van der Waals surface area contributed by atoms with Gasteiger partial charge in [0.05, 0.1) is 25.5 Å². The SMILES string of the molecule is CCCNC(=O)N1CCc2c(c(CCC(=O)N3CCOCC3)nn2C)C1. The summed E-state index contributed by atoms with van der Waals surface area (Å²) in [6, 6.07) is -0.0169. The van der Waals surface area contributed by atoms with Crippen LogP contribution >= 0.6 is 0 Å². The van der Waals surface area contributed by atoms with Gasteiger partial charge in [0.15, 0.2) is 0 Å². The van der Waals surface area contributed by atoms with Crippen LogP contribution in [0, 0.1) is 0 Å². The summed E-state index contributed by atoms with van der Waals surface area (Å²) >= 11 is 0. The Balaban J connectivity index is 1.63. The van der Waals surface area contributed by atoms with Crippen molar-refractivity contribution in [1.29, 1.82) is 0 Å². The van der Waals surface area contributed by atoms with E-state index in [2.05, 4.69) is 10.4 Å². The van der Waals surface area contributed by atoms with Crippen molar-refractivity contribution < 1.29 is 14.3 Å². The van der Waals surface area contributed by atoms with Crippen molar-refractivity contribution in [2.24, 2.45) is 7.05 Å². The molecule has 2 aliphatic heterocycles. The first-order chi connectivity index (χ1) is 12.6. The van der Waals surface area contributed by atoms with Crippen LogP contribution in [0.5, 0.6) is 0 Å². The quantitative estimate of drug-likeness (QED) is 0.835. The second-order valence-corrected chi connectivity index (χ2v) is 6.89. The Labute approximate surface area is 154 Å². The lowest BCUT2D eigenvalue weighted by atomic mass is 10.0. The summed E-state index contributed by atoms with van der Waals surface area (Å²) in [6.45, 7) is 6.58. The van der Waals surface area contributed by atoms with E-state index in [0.29, 0.717) is 58.8 Å². The monoisotopic (exact) mass is 363 g/mol. The first-order valence-corrected chi connectivity index (χ1v) is 9.52. The van der Waals surface area contributed by atoms with Crippen molar-refractivity contribution in [3.05, 3.63) is 17.0 Å². The molecular weight excluding hydrogens is 334 g/mol. The van der Waals surface area contributed by atoms with Crippen LogP contribution in [0.4, 0.5) is 4.79 Å². The van der Waals surface area contributed by atoms with Gasteiger partial charge in [-0.25, -0.2) is 4.79 Å². The molecule has 3 amide bonds. The second-order valence-electron chi connectivity index (χ2n) is 6.89. The summed E-state index contributed by atoms with van der Waals surface area (Å²) in [5.74, 6) is 0.154. The lowest BCUT2D eigenvalue weighted by molar-refractivity contribution is -0.135. The molecule has 0 atom stereocenters. The number of hydrogen-bond acceptors (Lipinski definition) is 4. The maximum absolute atomic E-state index is 12.4. The Morgan fingerprint density at radius 2 is 1.96 bits per heavy atom. The third-order valence-electron chi connectivity index (χ3n) is 5.08. The highest BCUT2D eigenvalue weighted by molar-refractivity contribution is 5.76. The average Bonchev–Trinajstić information content (AvgIpc) is 3.00. The highest BCUT2D eigenvalue weighted by Gasteiger charge is 2.27. The van der Waals surface area contributed by atoms with E-state index in [4.69, 9.17) is 4.74 Å². The van der Waals surface area contributed by atoms with Crippen molar-refractivity contribution in [3.8, 4) is 0 Å². The summed E-state index contributed by atoms with van der Waals surface area (Å²) in [4.78, 5) is 28.4. The van der Waals surface area contributed by atoms with Gasteiger partial charge in [-0.3, -0.25) is 9.48 Å². The summed E-state index contributed by atoms with van der Waals surface area (Å²) < 4.78 is 7.21. The normalized spacial score (nSPS) is 17.2. The maximum Gasteiger partial charge on any atom is 0.317 e. The third-order valence-corrected chi connectivity index (χ3v) is 5.08. The fraction of sp³-hybridized carbons (Fsp3) is 0.722. The molecule has 8 nitrogen and oxygen atoms in total. The fourth-order valence-electron chi connectivity index (χ4n) is 3.58. The molecule has 144 valence electrons. The molecule has 1 N–H and O–H groups in total. The Hall–Kier alpha value is -2.09. The summed E-state index contributed by atoms with van der Waals surface area (Å²) in [6.07, 6.45) is 2.79. The Morgan fingerprint density at radius 1 is 1.19 bits per heavy atom. The van der Waals surface area contributed by atoms with Gasteiger partial charge in [0.25, 0.3) is 0 Å². The molecule has 1 aromatic heterocycles. The number of aromatic nitrogens is 2. The van der Waals surface area contributed by atoms with Crippen LogP contribution in [0.25, 0.3) is 0 Å². The molecule has 0 aliphatic carbocycles. The molecule has 8 heteroatoms. The van der Waals surface area contributed by atoms with Crippen LogP contribution in [0.1, 0.15) is 36.7 Å². The lowest BCUT2D eigenvalue weighted by Crippen LogP contribution is -2.43. The molecule has 1 fully saturated rings. The molecule has 0 spiro atoms. The van der Waals surface area contributed by atoms with Gasteiger partial charge in [0.1, 0.15) is 0 Å². The number of aryl methyl sites for hydroxylation is 2. The van der Waals surface area contributed by atoms with Gasteiger partial charge in [-0.15, -0.1) is 0 Å². The zero-order valence-corrected chi connectivity index (χ0v) is 15.8. The topological polar surface area (TPSA) is 79.7 Å². The van der Waals surface area contributed by atoms with Gasteiger partial charge < -0.3 is 19.9 Å². The van der Waals surface area contributed by atoms with Crippen molar-refractivity contribution in [2.75, 3.05) is 39.4 Å². The number of carbonyl (C=O) groups excluding carboxylic acids is 2. The number of rotatable bonds is 5. The number of nitrogens with one attached hydrogen (secondary N) is 1. The molecule has 26 heavy (non-hydrogen) atoms. The van der Waals surface area contributed by atoms with E-state index in [-0.39, 0.29) is 11.9 Å². The van der Waals surface area contributed by atoms with Crippen molar-refractivity contribution >= 4 is 11.9 Å². The van der Waals surface area contributed by atoms with Gasteiger partial charge in [-0.1, -0.05) is 6.92 Å². The van der Waals surface area contributed by atoms with Crippen molar-refractivity contribution in [3.63, 3.8) is 0 Å². The summed E-state index contributed by atoms with van der Waals surface area (Å²) in [7, 11) is 1.94. The highest BCUT2D eigenvalue weighted by Crippen LogP contribution is 2.23. The van der Waals surface area contributed by atoms with E-state index in [1.807, 2.05) is 28.5 Å². The zero-order valence-electron chi connectivity index (χ0n) is 15.8. The molecule has 0 bridgehead atoms. The van der Waals surface area contributed by atoms with Gasteiger partial charge in [-0.2, -0.15) is 5.10 Å². The predicted molar refractivity (Wildman–Crippen MR) is 96.7 cm³/mol. The van der Waals surface area contributed by atoms with Crippen LogP contribution in [0.15, 0.2) is 0 Å². The Kier molecular flexibility index (Phi) is 6.13. The average molecular weight is 363 g/mol. The summed E-state index contributed by atoms with van der Waals surface area (Å²) in [5, 5.41) is 7.57. The van der Waals surface area contributed by atoms with Crippen LogP contribution < -0.4 is 5.32 Å². The zero-order chi connectivity index (χ0) is 18.5. The smallest absolute Gasteiger partial charge is 0.317 e. The third kappa shape index (κ3) is 4.17. The number of ether oxygens (including phenoxy) is 1. The number of amides is 3. The number of fused-ring (bicyclic) bond motifs is 1. The molecule has 2 aliphatic rings. The molecule has 0 unspecified atom stereocenters. The Bertz CT molecular complexity index is 651. The second kappa shape index (κ2) is 8.53. The van der Waals surface area contributed by atoms with Gasteiger partial charge in [0.2, 0.25) is 5.91 Å².